The van der Waals surface area contributed by atoms with Crippen LogP contribution in [0.1, 0.15) is 20.2 Å². The lowest BCUT2D eigenvalue weighted by Gasteiger charge is -2.05. The summed E-state index contributed by atoms with van der Waals surface area (Å²) >= 11 is 1.29. The predicted octanol–water partition coefficient (Wildman–Crippen LogP) is 4.38. The van der Waals surface area contributed by atoms with E-state index in [0.717, 1.165) is 10.2 Å². The van der Waals surface area contributed by atoms with Gasteiger partial charge in [0.15, 0.2) is 5.01 Å². The molecule has 0 aliphatic carbocycles. The van der Waals surface area contributed by atoms with Crippen molar-refractivity contribution in [3.8, 4) is 5.69 Å². The molecule has 3 aromatic carbocycles. The number of carbonyl (C=O) groups excluding carboxylic acids is 2. The van der Waals surface area contributed by atoms with Gasteiger partial charge in [0, 0.05) is 5.56 Å². The fraction of sp³-hybridized carbons (Fsp3) is 0. The zero-order valence-electron chi connectivity index (χ0n) is 16.6. The summed E-state index contributed by atoms with van der Waals surface area (Å²) in [5.74, 6) is -0.511. The van der Waals surface area contributed by atoms with E-state index in [2.05, 4.69) is 25.7 Å². The number of hydrogen-bond acceptors (Lipinski definition) is 6. The molecule has 5 rings (SSSR count). The highest BCUT2D eigenvalue weighted by Gasteiger charge is 2.19. The number of thiazole rings is 1. The standard InChI is InChI=1S/C23H16N6O2S/c30-19(15-9-3-1-4-10-15)25-22-27-23(29(28-22)16-11-5-2-6-12-16)26-20(31)21-24-17-13-7-8-14-18(17)32-21/h1-14H,(H2,25,26,27,28,30,31). The molecule has 2 aromatic heterocycles. The van der Waals surface area contributed by atoms with Crippen LogP contribution in [0.25, 0.3) is 15.9 Å². The lowest BCUT2D eigenvalue weighted by Crippen LogP contribution is -2.15. The molecule has 2 amide bonds. The average Bonchev–Trinajstić information content (AvgIpc) is 3.44. The van der Waals surface area contributed by atoms with E-state index in [1.807, 2.05) is 60.7 Å². The Kier molecular flexibility index (Phi) is 5.14. The SMILES string of the molecule is O=C(Nc1nc(NC(=O)c2nc3ccccc3s2)n(-c2ccccc2)n1)c1ccccc1. The third-order valence-corrected chi connectivity index (χ3v) is 5.62. The number of fused-ring (bicyclic) bond motifs is 1. The molecule has 0 fully saturated rings. The van der Waals surface area contributed by atoms with E-state index in [1.54, 1.807) is 24.3 Å². The normalized spacial score (nSPS) is 10.8. The molecule has 0 aliphatic heterocycles. The minimum absolute atomic E-state index is 0.0716. The molecule has 32 heavy (non-hydrogen) atoms. The number of anilines is 2. The zero-order valence-corrected chi connectivity index (χ0v) is 17.4. The summed E-state index contributed by atoms with van der Waals surface area (Å²) in [6.45, 7) is 0. The molecule has 0 aliphatic rings. The molecule has 5 aromatic rings. The van der Waals surface area contributed by atoms with Gasteiger partial charge in [0.2, 0.25) is 5.95 Å². The highest BCUT2D eigenvalue weighted by molar-refractivity contribution is 7.20. The minimum Gasteiger partial charge on any atom is -0.289 e. The van der Waals surface area contributed by atoms with Crippen molar-refractivity contribution in [2.75, 3.05) is 10.6 Å². The molecule has 0 saturated carbocycles. The van der Waals surface area contributed by atoms with Gasteiger partial charge >= 0.3 is 0 Å². The minimum atomic E-state index is -0.406. The second-order valence-electron chi connectivity index (χ2n) is 6.77. The van der Waals surface area contributed by atoms with Crippen molar-refractivity contribution < 1.29 is 9.59 Å². The van der Waals surface area contributed by atoms with Crippen LogP contribution in [0.3, 0.4) is 0 Å². The second-order valence-corrected chi connectivity index (χ2v) is 7.80. The molecule has 0 bridgehead atoms. The summed E-state index contributed by atoms with van der Waals surface area (Å²) < 4.78 is 2.38. The summed E-state index contributed by atoms with van der Waals surface area (Å²) in [7, 11) is 0. The number of nitrogens with zero attached hydrogens (tertiary/aromatic N) is 4. The Morgan fingerprint density at radius 2 is 1.44 bits per heavy atom. The first kappa shape index (κ1) is 19.6. The number of benzene rings is 3. The number of rotatable bonds is 5. The third kappa shape index (κ3) is 3.96. The summed E-state index contributed by atoms with van der Waals surface area (Å²) in [5.41, 5.74) is 1.91. The fourth-order valence-electron chi connectivity index (χ4n) is 3.08. The molecule has 0 spiro atoms. The number of nitrogens with one attached hydrogen (secondary N) is 2. The van der Waals surface area contributed by atoms with Crippen LogP contribution in [0.4, 0.5) is 11.9 Å². The Balaban J connectivity index is 1.46. The largest absolute Gasteiger partial charge is 0.289 e. The third-order valence-electron chi connectivity index (χ3n) is 4.58. The lowest BCUT2D eigenvalue weighted by atomic mass is 10.2. The first-order valence-corrected chi connectivity index (χ1v) is 10.5. The van der Waals surface area contributed by atoms with Gasteiger partial charge in [-0.2, -0.15) is 9.67 Å². The van der Waals surface area contributed by atoms with Gasteiger partial charge in [-0.3, -0.25) is 20.2 Å². The summed E-state index contributed by atoms with van der Waals surface area (Å²) in [4.78, 5) is 34.1. The van der Waals surface area contributed by atoms with Crippen molar-refractivity contribution in [3.05, 3.63) is 95.5 Å². The molecular weight excluding hydrogens is 424 g/mol. The monoisotopic (exact) mass is 440 g/mol. The Hall–Kier alpha value is -4.37. The predicted molar refractivity (Wildman–Crippen MR) is 123 cm³/mol. The van der Waals surface area contributed by atoms with Crippen molar-refractivity contribution in [2.24, 2.45) is 0 Å². The van der Waals surface area contributed by atoms with Crippen LogP contribution in [-0.4, -0.2) is 31.6 Å². The maximum absolute atomic E-state index is 12.9. The van der Waals surface area contributed by atoms with Crippen molar-refractivity contribution in [3.63, 3.8) is 0 Å². The van der Waals surface area contributed by atoms with Crippen LogP contribution in [0.5, 0.6) is 0 Å². The van der Waals surface area contributed by atoms with Gasteiger partial charge in [0.25, 0.3) is 17.8 Å². The number of aromatic nitrogens is 4. The van der Waals surface area contributed by atoms with Crippen molar-refractivity contribution in [1.82, 2.24) is 19.7 Å². The van der Waals surface area contributed by atoms with Gasteiger partial charge in [0.05, 0.1) is 15.9 Å². The summed E-state index contributed by atoms with van der Waals surface area (Å²) in [6.07, 6.45) is 0. The lowest BCUT2D eigenvalue weighted by molar-refractivity contribution is 0.101. The van der Waals surface area contributed by atoms with Gasteiger partial charge in [0.1, 0.15) is 0 Å². The zero-order chi connectivity index (χ0) is 21.9. The Bertz CT molecular complexity index is 1380. The van der Waals surface area contributed by atoms with E-state index in [1.165, 1.54) is 16.0 Å². The van der Waals surface area contributed by atoms with E-state index in [9.17, 15) is 9.59 Å². The topological polar surface area (TPSA) is 102 Å². The Morgan fingerprint density at radius 3 is 2.19 bits per heavy atom. The number of para-hydroxylation sites is 2. The second kappa shape index (κ2) is 8.40. The molecule has 0 unspecified atom stereocenters. The first-order chi connectivity index (χ1) is 15.7. The van der Waals surface area contributed by atoms with Gasteiger partial charge in [-0.15, -0.1) is 16.4 Å². The van der Waals surface area contributed by atoms with Crippen LogP contribution in [0.15, 0.2) is 84.9 Å². The van der Waals surface area contributed by atoms with E-state index in [4.69, 9.17) is 0 Å². The van der Waals surface area contributed by atoms with Crippen molar-refractivity contribution >= 4 is 45.3 Å². The molecule has 2 heterocycles. The molecule has 0 saturated heterocycles. The number of carbonyl (C=O) groups is 2. The van der Waals surface area contributed by atoms with E-state index >= 15 is 0 Å². The maximum Gasteiger partial charge on any atom is 0.287 e. The van der Waals surface area contributed by atoms with Crippen molar-refractivity contribution in [1.29, 1.82) is 0 Å². The van der Waals surface area contributed by atoms with Crippen LogP contribution in [-0.2, 0) is 0 Å². The van der Waals surface area contributed by atoms with Crippen LogP contribution in [0.2, 0.25) is 0 Å². The molecule has 0 atom stereocenters. The summed E-state index contributed by atoms with van der Waals surface area (Å²) in [5, 5.41) is 10.1. The average molecular weight is 440 g/mol. The summed E-state index contributed by atoms with van der Waals surface area (Å²) in [6, 6.07) is 25.5. The van der Waals surface area contributed by atoms with Crippen molar-refractivity contribution in [2.45, 2.75) is 0 Å². The maximum atomic E-state index is 12.9. The molecule has 8 nitrogen and oxygen atoms in total. The molecule has 9 heteroatoms. The smallest absolute Gasteiger partial charge is 0.287 e. The molecule has 156 valence electrons. The van der Waals surface area contributed by atoms with Crippen LogP contribution in [0, 0.1) is 0 Å². The quantitative estimate of drug-likeness (QED) is 0.422. The number of hydrogen-bond donors (Lipinski definition) is 2. The molecular formula is C23H16N6O2S. The Morgan fingerprint density at radius 1 is 0.750 bits per heavy atom. The molecule has 2 N–H and O–H groups in total. The van der Waals surface area contributed by atoms with Gasteiger partial charge in [-0.05, 0) is 36.4 Å². The highest BCUT2D eigenvalue weighted by atomic mass is 32.1. The highest BCUT2D eigenvalue weighted by Crippen LogP contribution is 2.23. The van der Waals surface area contributed by atoms with E-state index in [-0.39, 0.29) is 17.8 Å². The Labute approximate surface area is 186 Å². The number of amides is 2. The molecule has 0 radical (unpaired) electrons. The first-order valence-electron chi connectivity index (χ1n) is 9.73. The fourth-order valence-corrected chi connectivity index (χ4v) is 3.94. The van der Waals surface area contributed by atoms with Gasteiger partial charge in [-0.1, -0.05) is 48.5 Å². The van der Waals surface area contributed by atoms with Crippen LogP contribution < -0.4 is 10.6 Å². The van der Waals surface area contributed by atoms with E-state index < -0.39 is 5.91 Å². The van der Waals surface area contributed by atoms with Crippen LogP contribution >= 0.6 is 11.3 Å². The van der Waals surface area contributed by atoms with E-state index in [0.29, 0.717) is 16.3 Å². The van der Waals surface area contributed by atoms with Gasteiger partial charge < -0.3 is 0 Å². The van der Waals surface area contributed by atoms with Gasteiger partial charge in [-0.25, -0.2) is 4.98 Å².